The van der Waals surface area contributed by atoms with E-state index in [9.17, 15) is 4.79 Å². The largest absolute Gasteiger partial charge is 0.351 e. The second-order valence-electron chi connectivity index (χ2n) is 4.27. The van der Waals surface area contributed by atoms with E-state index in [-0.39, 0.29) is 11.6 Å². The highest BCUT2D eigenvalue weighted by molar-refractivity contribution is 5.73. The van der Waals surface area contributed by atoms with Gasteiger partial charge in [-0.3, -0.25) is 0 Å². The van der Waals surface area contributed by atoms with E-state index in [2.05, 4.69) is 5.32 Å². The van der Waals surface area contributed by atoms with Crippen molar-refractivity contribution in [1.82, 2.24) is 10.4 Å². The summed E-state index contributed by atoms with van der Waals surface area (Å²) in [7, 11) is 3.15. The second-order valence-corrected chi connectivity index (χ2v) is 4.27. The molecule has 0 saturated carbocycles. The van der Waals surface area contributed by atoms with Crippen LogP contribution in [-0.2, 0) is 9.57 Å². The Hall–Kier alpha value is -0.810. The molecule has 1 unspecified atom stereocenters. The molecule has 0 aliphatic carbocycles. The Labute approximate surface area is 84.3 Å². The zero-order chi connectivity index (χ0) is 11.0. The van der Waals surface area contributed by atoms with Crippen molar-refractivity contribution < 1.29 is 14.4 Å². The van der Waals surface area contributed by atoms with Gasteiger partial charge in [0, 0.05) is 20.6 Å². The Morgan fingerprint density at radius 2 is 2.07 bits per heavy atom. The lowest BCUT2D eigenvalue weighted by atomic mass is 9.97. The van der Waals surface area contributed by atoms with E-state index in [0.717, 1.165) is 0 Å². The predicted molar refractivity (Wildman–Crippen MR) is 51.5 cm³/mol. The predicted octanol–water partition coefficient (Wildman–Crippen LogP) is 1.10. The highest BCUT2D eigenvalue weighted by atomic mass is 16.8. The van der Waals surface area contributed by atoms with Gasteiger partial charge >= 0.3 is 6.03 Å². The summed E-state index contributed by atoms with van der Waals surface area (Å²) < 4.78 is 5.22. The fourth-order valence-electron chi connectivity index (χ4n) is 1.73. The number of hydrogen-bond acceptors (Lipinski definition) is 3. The first-order valence-electron chi connectivity index (χ1n) is 4.61. The van der Waals surface area contributed by atoms with Crippen LogP contribution in [0.5, 0.6) is 0 Å². The fraction of sp³-hybridized carbons (Fsp3) is 0.889. The summed E-state index contributed by atoms with van der Waals surface area (Å²) in [5.41, 5.74) is -0.356. The monoisotopic (exact) mass is 202 g/mol. The first kappa shape index (κ1) is 11.3. The molecule has 1 aliphatic rings. The average molecular weight is 202 g/mol. The van der Waals surface area contributed by atoms with Gasteiger partial charge in [0.25, 0.3) is 0 Å². The number of nitrogens with zero attached hydrogens (tertiary/aromatic N) is 1. The van der Waals surface area contributed by atoms with Crippen molar-refractivity contribution >= 4 is 6.03 Å². The van der Waals surface area contributed by atoms with Crippen molar-refractivity contribution in [3.8, 4) is 0 Å². The fourth-order valence-corrected chi connectivity index (χ4v) is 1.73. The average Bonchev–Trinajstić information content (AvgIpc) is 2.36. The minimum atomic E-state index is -0.712. The molecule has 1 fully saturated rings. The van der Waals surface area contributed by atoms with E-state index in [1.54, 1.807) is 14.2 Å². The summed E-state index contributed by atoms with van der Waals surface area (Å²) in [6.07, 6.45) is 0.643. The van der Waals surface area contributed by atoms with Gasteiger partial charge in [-0.05, 0) is 20.8 Å². The molecule has 82 valence electrons. The van der Waals surface area contributed by atoms with Crippen LogP contribution in [0.15, 0.2) is 0 Å². The smallest absolute Gasteiger partial charge is 0.341 e. The number of nitrogens with one attached hydrogen (secondary N) is 1. The molecule has 0 aromatic carbocycles. The van der Waals surface area contributed by atoms with Gasteiger partial charge in [-0.1, -0.05) is 0 Å². The molecule has 1 saturated heterocycles. The molecule has 0 spiro atoms. The summed E-state index contributed by atoms with van der Waals surface area (Å²) in [6, 6.07) is -0.254. The SMILES string of the molecule is CNC(=O)N1OC(C)(OC)CC1(C)C. The van der Waals surface area contributed by atoms with Gasteiger partial charge in [-0.2, -0.15) is 5.06 Å². The highest BCUT2D eigenvalue weighted by Crippen LogP contribution is 2.38. The minimum absolute atomic E-state index is 0.254. The molecule has 2 amide bonds. The number of carbonyl (C=O) groups excluding carboxylic acids is 1. The second kappa shape index (κ2) is 3.40. The van der Waals surface area contributed by atoms with Crippen molar-refractivity contribution in [1.29, 1.82) is 0 Å². The lowest BCUT2D eigenvalue weighted by molar-refractivity contribution is -0.270. The van der Waals surface area contributed by atoms with Crippen LogP contribution in [0, 0.1) is 0 Å². The molecule has 0 bridgehead atoms. The number of rotatable bonds is 1. The molecule has 1 atom stereocenters. The molecule has 0 aromatic heterocycles. The van der Waals surface area contributed by atoms with Gasteiger partial charge in [-0.25, -0.2) is 9.63 Å². The van der Waals surface area contributed by atoms with Gasteiger partial charge in [0.1, 0.15) is 0 Å². The number of urea groups is 1. The zero-order valence-corrected chi connectivity index (χ0v) is 9.38. The molecule has 14 heavy (non-hydrogen) atoms. The van der Waals surface area contributed by atoms with Crippen molar-refractivity contribution in [3.05, 3.63) is 0 Å². The summed E-state index contributed by atoms with van der Waals surface area (Å²) in [6.45, 7) is 5.69. The topological polar surface area (TPSA) is 50.8 Å². The van der Waals surface area contributed by atoms with Crippen LogP contribution in [0.4, 0.5) is 4.79 Å². The quantitative estimate of drug-likeness (QED) is 0.692. The molecule has 1 heterocycles. The molecule has 5 heteroatoms. The normalized spacial score (nSPS) is 30.5. The van der Waals surface area contributed by atoms with Crippen molar-refractivity contribution in [2.24, 2.45) is 0 Å². The molecule has 0 aromatic rings. The van der Waals surface area contributed by atoms with Crippen LogP contribution in [0.3, 0.4) is 0 Å². The molecule has 1 rings (SSSR count). The number of hydrogen-bond donors (Lipinski definition) is 1. The first-order chi connectivity index (χ1) is 6.34. The highest BCUT2D eigenvalue weighted by Gasteiger charge is 2.50. The van der Waals surface area contributed by atoms with E-state index >= 15 is 0 Å². The Bertz CT molecular complexity index is 242. The molecule has 1 N–H and O–H groups in total. The van der Waals surface area contributed by atoms with Gasteiger partial charge in [0.2, 0.25) is 0 Å². The van der Waals surface area contributed by atoms with E-state index in [0.29, 0.717) is 6.42 Å². The zero-order valence-electron chi connectivity index (χ0n) is 9.38. The molecule has 5 nitrogen and oxygen atoms in total. The van der Waals surface area contributed by atoms with E-state index < -0.39 is 5.79 Å². The Morgan fingerprint density at radius 1 is 1.50 bits per heavy atom. The molecule has 0 radical (unpaired) electrons. The van der Waals surface area contributed by atoms with Crippen LogP contribution < -0.4 is 5.32 Å². The third-order valence-electron chi connectivity index (χ3n) is 2.42. The number of ether oxygens (including phenoxy) is 1. The van der Waals surface area contributed by atoms with Crippen LogP contribution in [-0.4, -0.2) is 36.6 Å². The Kier molecular flexibility index (Phi) is 2.74. The molecule has 1 aliphatic heterocycles. The van der Waals surface area contributed by atoms with Gasteiger partial charge in [-0.15, -0.1) is 0 Å². The van der Waals surface area contributed by atoms with E-state index in [4.69, 9.17) is 9.57 Å². The maximum atomic E-state index is 11.5. The van der Waals surface area contributed by atoms with E-state index in [1.165, 1.54) is 5.06 Å². The molecular weight excluding hydrogens is 184 g/mol. The summed E-state index contributed by atoms with van der Waals surface area (Å²) in [5, 5.41) is 3.86. The van der Waals surface area contributed by atoms with Crippen molar-refractivity contribution in [2.45, 2.75) is 38.5 Å². The number of hydroxylamine groups is 2. The van der Waals surface area contributed by atoms with Crippen molar-refractivity contribution in [2.75, 3.05) is 14.2 Å². The Morgan fingerprint density at radius 3 is 2.43 bits per heavy atom. The lowest BCUT2D eigenvalue weighted by Crippen LogP contribution is -2.46. The van der Waals surface area contributed by atoms with Gasteiger partial charge in [0.15, 0.2) is 5.79 Å². The van der Waals surface area contributed by atoms with Crippen LogP contribution in [0.1, 0.15) is 27.2 Å². The number of carbonyl (C=O) groups is 1. The summed E-state index contributed by atoms with van der Waals surface area (Å²) in [4.78, 5) is 16.9. The van der Waals surface area contributed by atoms with Crippen LogP contribution >= 0.6 is 0 Å². The van der Waals surface area contributed by atoms with Gasteiger partial charge < -0.3 is 10.1 Å². The maximum absolute atomic E-state index is 11.5. The van der Waals surface area contributed by atoms with E-state index in [1.807, 2.05) is 20.8 Å². The Balaban J connectivity index is 2.84. The van der Waals surface area contributed by atoms with Crippen LogP contribution in [0.2, 0.25) is 0 Å². The number of amides is 2. The third-order valence-corrected chi connectivity index (χ3v) is 2.42. The van der Waals surface area contributed by atoms with Gasteiger partial charge in [0.05, 0.1) is 5.54 Å². The lowest BCUT2D eigenvalue weighted by Gasteiger charge is -2.27. The summed E-state index contributed by atoms with van der Waals surface area (Å²) >= 11 is 0. The number of methoxy groups -OCH3 is 1. The maximum Gasteiger partial charge on any atom is 0.341 e. The standard InChI is InChI=1S/C9H18N2O3/c1-8(2)6-9(3,13-5)14-11(8)7(12)10-4/h6H2,1-5H3,(H,10,12). The van der Waals surface area contributed by atoms with Crippen LogP contribution in [0.25, 0.3) is 0 Å². The third kappa shape index (κ3) is 1.83. The molecular formula is C9H18N2O3. The summed E-state index contributed by atoms with van der Waals surface area (Å²) in [5.74, 6) is -0.712. The first-order valence-corrected chi connectivity index (χ1v) is 4.61. The minimum Gasteiger partial charge on any atom is -0.351 e. The van der Waals surface area contributed by atoms with Crippen molar-refractivity contribution in [3.63, 3.8) is 0 Å².